The van der Waals surface area contributed by atoms with Crippen molar-refractivity contribution in [3.8, 4) is 0 Å². The van der Waals surface area contributed by atoms with E-state index < -0.39 is 6.43 Å². The van der Waals surface area contributed by atoms with Gasteiger partial charge in [0.2, 0.25) is 0 Å². The molecule has 2 aromatic rings. The number of alkyl halides is 2. The molecule has 0 nitrogen and oxygen atoms in total. The molecule has 0 atom stereocenters. The predicted molar refractivity (Wildman–Crippen MR) is 67.2 cm³/mol. The first-order valence-corrected chi connectivity index (χ1v) is 6.44. The highest BCUT2D eigenvalue weighted by Gasteiger charge is 2.13. The van der Waals surface area contributed by atoms with Gasteiger partial charge in [-0.1, -0.05) is 0 Å². The number of hydrogen-bond acceptors (Lipinski definition) is 1. The van der Waals surface area contributed by atoms with E-state index in [-0.39, 0.29) is 4.88 Å². The van der Waals surface area contributed by atoms with Gasteiger partial charge in [-0.3, -0.25) is 0 Å². The molecule has 0 saturated carbocycles. The highest BCUT2D eigenvalue weighted by atomic mass is 127. The molecule has 1 heterocycles. The van der Waals surface area contributed by atoms with Crippen LogP contribution in [0.2, 0.25) is 0 Å². The smallest absolute Gasteiger partial charge is 0.204 e. The van der Waals surface area contributed by atoms with E-state index in [0.717, 1.165) is 29.5 Å². The Morgan fingerprint density at radius 3 is 2.71 bits per heavy atom. The fourth-order valence-electron chi connectivity index (χ4n) is 1.18. The molecule has 74 valence electrons. The van der Waals surface area contributed by atoms with Crippen LogP contribution in [0.5, 0.6) is 0 Å². The first-order chi connectivity index (χ1) is 6.59. The molecular weight excluding hydrogens is 385 g/mol. The summed E-state index contributed by atoms with van der Waals surface area (Å²) in [7, 11) is 0. The van der Waals surface area contributed by atoms with Gasteiger partial charge in [0.05, 0.1) is 4.88 Å². The fourth-order valence-corrected chi connectivity index (χ4v) is 3.26. The van der Waals surface area contributed by atoms with E-state index in [9.17, 15) is 8.78 Å². The fraction of sp³-hybridized carbons (Fsp3) is 0.111. The van der Waals surface area contributed by atoms with Gasteiger partial charge in [-0.25, -0.2) is 8.78 Å². The lowest BCUT2D eigenvalue weighted by Gasteiger charge is -1.95. The number of halogens is 4. The Hall–Kier alpha value is 0.250. The molecule has 0 bridgehead atoms. The van der Waals surface area contributed by atoms with Gasteiger partial charge in [0.25, 0.3) is 6.43 Å². The van der Waals surface area contributed by atoms with Crippen molar-refractivity contribution in [2.45, 2.75) is 6.43 Å². The van der Waals surface area contributed by atoms with Gasteiger partial charge in [0.15, 0.2) is 0 Å². The van der Waals surface area contributed by atoms with Crippen molar-refractivity contribution < 1.29 is 8.78 Å². The number of fused-ring (bicyclic) bond motifs is 1. The topological polar surface area (TPSA) is 0 Å². The van der Waals surface area contributed by atoms with Gasteiger partial charge >= 0.3 is 0 Å². The molecule has 1 aromatic heterocycles. The third kappa shape index (κ3) is 1.81. The van der Waals surface area contributed by atoms with E-state index in [2.05, 4.69) is 38.5 Å². The molecule has 0 N–H and O–H groups in total. The molecule has 14 heavy (non-hydrogen) atoms. The van der Waals surface area contributed by atoms with E-state index in [1.807, 2.05) is 12.1 Å². The standard InChI is InChI=1S/C9H4BrF2IS/c10-5-1-2-6-4(8(5)13)3-7(14-6)9(11)12/h1-3,9H. The molecule has 0 aliphatic carbocycles. The van der Waals surface area contributed by atoms with Crippen LogP contribution in [0, 0.1) is 3.57 Å². The minimum Gasteiger partial charge on any atom is -0.204 e. The van der Waals surface area contributed by atoms with Crippen LogP contribution in [0.15, 0.2) is 22.7 Å². The molecule has 0 aliphatic rings. The van der Waals surface area contributed by atoms with Gasteiger partial charge in [-0.15, -0.1) is 11.3 Å². The van der Waals surface area contributed by atoms with E-state index in [4.69, 9.17) is 0 Å². The van der Waals surface area contributed by atoms with E-state index in [1.165, 1.54) is 0 Å². The van der Waals surface area contributed by atoms with Crippen LogP contribution in [0.25, 0.3) is 10.1 Å². The van der Waals surface area contributed by atoms with Crippen molar-refractivity contribution in [1.82, 2.24) is 0 Å². The summed E-state index contributed by atoms with van der Waals surface area (Å²) in [5.41, 5.74) is 0. The molecule has 0 spiro atoms. The summed E-state index contributed by atoms with van der Waals surface area (Å²) in [6.45, 7) is 0. The minimum atomic E-state index is -2.37. The van der Waals surface area contributed by atoms with Crippen molar-refractivity contribution in [3.63, 3.8) is 0 Å². The monoisotopic (exact) mass is 388 g/mol. The van der Waals surface area contributed by atoms with E-state index in [0.29, 0.717) is 0 Å². The van der Waals surface area contributed by atoms with Crippen molar-refractivity contribution in [2.24, 2.45) is 0 Å². The quantitative estimate of drug-likeness (QED) is 0.588. The Labute approximate surface area is 106 Å². The normalized spacial score (nSPS) is 11.5. The maximum atomic E-state index is 12.4. The molecule has 0 amide bonds. The van der Waals surface area contributed by atoms with Crippen LogP contribution < -0.4 is 0 Å². The number of rotatable bonds is 1. The van der Waals surface area contributed by atoms with E-state index in [1.54, 1.807) is 6.07 Å². The van der Waals surface area contributed by atoms with Crippen molar-refractivity contribution >= 4 is 59.9 Å². The van der Waals surface area contributed by atoms with Crippen molar-refractivity contribution in [2.75, 3.05) is 0 Å². The Bertz CT molecular complexity index is 481. The summed E-state index contributed by atoms with van der Waals surface area (Å²) >= 11 is 6.68. The maximum absolute atomic E-state index is 12.4. The minimum absolute atomic E-state index is 0.135. The largest absolute Gasteiger partial charge is 0.272 e. The average molecular weight is 389 g/mol. The molecule has 0 aliphatic heterocycles. The van der Waals surface area contributed by atoms with E-state index >= 15 is 0 Å². The third-order valence-electron chi connectivity index (χ3n) is 1.82. The Kier molecular flexibility index (Phi) is 3.09. The number of thiophene rings is 1. The summed E-state index contributed by atoms with van der Waals surface area (Å²) in [5.74, 6) is 0. The zero-order valence-corrected chi connectivity index (χ0v) is 11.3. The van der Waals surface area contributed by atoms with Crippen LogP contribution in [0.1, 0.15) is 11.3 Å². The highest BCUT2D eigenvalue weighted by molar-refractivity contribution is 14.1. The molecule has 5 heteroatoms. The SMILES string of the molecule is FC(F)c1cc2c(I)c(Br)ccc2s1. The lowest BCUT2D eigenvalue weighted by Crippen LogP contribution is -1.75. The zero-order chi connectivity index (χ0) is 10.3. The molecule has 0 fully saturated rings. The summed E-state index contributed by atoms with van der Waals surface area (Å²) in [6.07, 6.45) is -2.37. The molecule has 0 unspecified atom stereocenters. The first kappa shape index (κ1) is 10.8. The molecular formula is C9H4BrF2IS. The zero-order valence-electron chi connectivity index (χ0n) is 6.73. The number of hydrogen-bond donors (Lipinski definition) is 0. The van der Waals surface area contributed by atoms with Gasteiger partial charge in [0.1, 0.15) is 0 Å². The first-order valence-electron chi connectivity index (χ1n) is 3.75. The van der Waals surface area contributed by atoms with Crippen LogP contribution in [-0.2, 0) is 0 Å². The summed E-state index contributed by atoms with van der Waals surface area (Å²) in [5, 5.41) is 0.903. The average Bonchev–Trinajstić information content (AvgIpc) is 2.56. The highest BCUT2D eigenvalue weighted by Crippen LogP contribution is 2.37. The lowest BCUT2D eigenvalue weighted by molar-refractivity contribution is 0.156. The Balaban J connectivity index is 2.71. The van der Waals surface area contributed by atoms with Crippen LogP contribution in [0.4, 0.5) is 8.78 Å². The Morgan fingerprint density at radius 1 is 1.36 bits per heavy atom. The van der Waals surface area contributed by atoms with Crippen molar-refractivity contribution in [3.05, 3.63) is 31.1 Å². The van der Waals surface area contributed by atoms with Crippen LogP contribution in [0.3, 0.4) is 0 Å². The summed E-state index contributed by atoms with van der Waals surface area (Å²) < 4.78 is 27.7. The van der Waals surface area contributed by atoms with Gasteiger partial charge in [-0.05, 0) is 56.7 Å². The second kappa shape index (κ2) is 4.02. The van der Waals surface area contributed by atoms with Gasteiger partial charge < -0.3 is 0 Å². The molecule has 1 aromatic carbocycles. The van der Waals surface area contributed by atoms with Crippen LogP contribution in [-0.4, -0.2) is 0 Å². The second-order valence-corrected chi connectivity index (χ2v) is 5.77. The molecule has 0 radical (unpaired) electrons. The number of benzene rings is 1. The molecule has 0 saturated heterocycles. The van der Waals surface area contributed by atoms with Crippen molar-refractivity contribution in [1.29, 1.82) is 0 Å². The van der Waals surface area contributed by atoms with Gasteiger partial charge in [0, 0.05) is 18.1 Å². The predicted octanol–water partition coefficient (Wildman–Crippen LogP) is 5.21. The third-order valence-corrected chi connectivity index (χ3v) is 5.49. The summed E-state index contributed by atoms with van der Waals surface area (Å²) in [4.78, 5) is 0.135. The van der Waals surface area contributed by atoms with Crippen LogP contribution >= 0.6 is 49.9 Å². The second-order valence-electron chi connectivity index (χ2n) is 2.72. The summed E-state index contributed by atoms with van der Waals surface area (Å²) in [6, 6.07) is 5.31. The maximum Gasteiger partial charge on any atom is 0.272 e. The van der Waals surface area contributed by atoms with Gasteiger partial charge in [-0.2, -0.15) is 0 Å². The molecule has 2 rings (SSSR count). The Morgan fingerprint density at radius 2 is 2.07 bits per heavy atom. The lowest BCUT2D eigenvalue weighted by atomic mass is 10.2.